The normalized spacial score (nSPS) is 18.9. The number of para-hydroxylation sites is 1. The summed E-state index contributed by atoms with van der Waals surface area (Å²) in [4.78, 5) is 37.0. The summed E-state index contributed by atoms with van der Waals surface area (Å²) in [6.07, 6.45) is 0. The molecule has 0 radical (unpaired) electrons. The Balaban J connectivity index is 1.84. The summed E-state index contributed by atoms with van der Waals surface area (Å²) in [5.41, 5.74) is 0.517. The lowest BCUT2D eigenvalue weighted by Crippen LogP contribution is -2.46. The van der Waals surface area contributed by atoms with Gasteiger partial charge in [-0.2, -0.15) is 0 Å². The first-order valence-electron chi connectivity index (χ1n) is 6.99. The molecule has 0 fully saturated rings. The smallest absolute Gasteiger partial charge is 0.293 e. The number of amides is 2. The maximum absolute atomic E-state index is 12.5. The number of ketones is 1. The molecule has 2 N–H and O–H groups in total. The Hall–Kier alpha value is -2.22. The summed E-state index contributed by atoms with van der Waals surface area (Å²) in [7, 11) is -1.98. The molecule has 1 heterocycles. The van der Waals surface area contributed by atoms with Gasteiger partial charge < -0.3 is 10.6 Å². The minimum absolute atomic E-state index is 0.133. The second-order valence-corrected chi connectivity index (χ2v) is 7.46. The number of hydrogen-bond donors (Lipinski definition) is 2. The quantitative estimate of drug-likeness (QED) is 0.615. The summed E-state index contributed by atoms with van der Waals surface area (Å²) < 4.78 is 12.5. The third-order valence-corrected chi connectivity index (χ3v) is 5.65. The molecule has 2 aromatic carbocycles. The lowest BCUT2D eigenvalue weighted by molar-refractivity contribution is -0.136. The van der Waals surface area contributed by atoms with Crippen LogP contribution >= 0.6 is 23.2 Å². The molecule has 0 aliphatic carbocycles. The second-order valence-electron chi connectivity index (χ2n) is 5.11. The van der Waals surface area contributed by atoms with Crippen LogP contribution < -0.4 is 10.6 Å². The summed E-state index contributed by atoms with van der Waals surface area (Å²) in [6.45, 7) is 0. The first-order valence-corrected chi connectivity index (χ1v) is 8.96. The average molecular weight is 397 g/mol. The molecule has 0 saturated carbocycles. The summed E-state index contributed by atoms with van der Waals surface area (Å²) in [5.74, 6) is -2.99. The topological polar surface area (TPSA) is 92.3 Å². The van der Waals surface area contributed by atoms with Gasteiger partial charge in [0, 0.05) is 5.02 Å². The molecule has 1 aliphatic heterocycles. The van der Waals surface area contributed by atoms with Gasteiger partial charge in [-0.15, -0.1) is 0 Å². The third kappa shape index (κ3) is 3.44. The number of halogens is 2. The molecule has 2 amide bonds. The van der Waals surface area contributed by atoms with Crippen LogP contribution in [0.2, 0.25) is 10.0 Å². The number of Topliss-reactive ketones (excluding diaryl/α,β-unsaturated/α-hetero) is 1. The van der Waals surface area contributed by atoms with Gasteiger partial charge in [0.2, 0.25) is 11.7 Å². The van der Waals surface area contributed by atoms with Gasteiger partial charge in [0.1, 0.15) is 0 Å². The number of hydrogen-bond acceptors (Lipinski definition) is 4. The van der Waals surface area contributed by atoms with Crippen LogP contribution in [0.3, 0.4) is 0 Å². The number of carbonyl (C=O) groups excluding carboxylic acids is 3. The molecule has 0 unspecified atom stereocenters. The van der Waals surface area contributed by atoms with E-state index in [4.69, 9.17) is 23.2 Å². The molecule has 9 heteroatoms. The van der Waals surface area contributed by atoms with E-state index < -0.39 is 33.6 Å². The van der Waals surface area contributed by atoms with Gasteiger partial charge in [-0.1, -0.05) is 35.3 Å². The first kappa shape index (κ1) is 17.6. The molecule has 3 rings (SSSR count). The third-order valence-electron chi connectivity index (χ3n) is 3.46. The fourth-order valence-corrected chi connectivity index (χ4v) is 4.09. The lowest BCUT2D eigenvalue weighted by atomic mass is 10.2. The largest absolute Gasteiger partial charge is 0.324 e. The van der Waals surface area contributed by atoms with Crippen LogP contribution in [0.1, 0.15) is 0 Å². The van der Waals surface area contributed by atoms with Gasteiger partial charge in [-0.25, -0.2) is 0 Å². The van der Waals surface area contributed by atoms with Crippen molar-refractivity contribution in [3.63, 3.8) is 0 Å². The van der Waals surface area contributed by atoms with E-state index in [1.807, 2.05) is 0 Å². The van der Waals surface area contributed by atoms with Crippen LogP contribution in [0.4, 0.5) is 11.4 Å². The zero-order chi connectivity index (χ0) is 18.1. The fourth-order valence-electron chi connectivity index (χ4n) is 2.28. The summed E-state index contributed by atoms with van der Waals surface area (Å²) in [5, 5.41) is 3.66. The zero-order valence-electron chi connectivity index (χ0n) is 12.4. The van der Waals surface area contributed by atoms with Crippen molar-refractivity contribution < 1.29 is 18.6 Å². The zero-order valence-corrected chi connectivity index (χ0v) is 14.7. The summed E-state index contributed by atoms with van der Waals surface area (Å²) >= 11 is 11.7. The Morgan fingerprint density at radius 2 is 1.84 bits per heavy atom. The van der Waals surface area contributed by atoms with Crippen molar-refractivity contribution in [3.8, 4) is 0 Å². The minimum Gasteiger partial charge on any atom is -0.324 e. The van der Waals surface area contributed by atoms with Gasteiger partial charge in [0.25, 0.3) is 5.91 Å². The van der Waals surface area contributed by atoms with Crippen molar-refractivity contribution in [2.24, 2.45) is 0 Å². The molecule has 2 aromatic rings. The van der Waals surface area contributed by atoms with Crippen LogP contribution in [-0.4, -0.2) is 27.1 Å². The average Bonchev–Trinajstić information content (AvgIpc) is 2.57. The molecular weight excluding hydrogens is 387 g/mol. The predicted molar refractivity (Wildman–Crippen MR) is 95.4 cm³/mol. The van der Waals surface area contributed by atoms with E-state index >= 15 is 0 Å². The number of benzene rings is 2. The Morgan fingerprint density at radius 1 is 1.12 bits per heavy atom. The van der Waals surface area contributed by atoms with Crippen molar-refractivity contribution >= 4 is 63.0 Å². The van der Waals surface area contributed by atoms with Gasteiger partial charge in [-0.3, -0.25) is 18.6 Å². The Kier molecular flexibility index (Phi) is 4.89. The molecule has 1 aliphatic rings. The maximum Gasteiger partial charge on any atom is 0.293 e. The van der Waals surface area contributed by atoms with E-state index in [1.165, 1.54) is 24.3 Å². The molecule has 0 saturated heterocycles. The van der Waals surface area contributed by atoms with E-state index in [1.54, 1.807) is 18.2 Å². The highest BCUT2D eigenvalue weighted by molar-refractivity contribution is 7.87. The molecule has 6 nitrogen and oxygen atoms in total. The fraction of sp³-hybridized carbons (Fsp3) is 0.0625. The minimum atomic E-state index is -1.98. The van der Waals surface area contributed by atoms with E-state index in [0.717, 1.165) is 0 Å². The van der Waals surface area contributed by atoms with E-state index in [0.29, 0.717) is 10.7 Å². The SMILES string of the molecule is O=C(Nc1ccc(Cl)cc1Cl)C(=O)[C@H]1C(=O)Nc2ccccc2[S@]1=O. The molecule has 2 atom stereocenters. The second kappa shape index (κ2) is 6.95. The molecule has 128 valence electrons. The van der Waals surface area contributed by atoms with Crippen LogP contribution in [0.15, 0.2) is 47.4 Å². The van der Waals surface area contributed by atoms with Crippen molar-refractivity contribution in [2.75, 3.05) is 10.6 Å². The van der Waals surface area contributed by atoms with Crippen molar-refractivity contribution in [2.45, 2.75) is 10.1 Å². The molecule has 25 heavy (non-hydrogen) atoms. The number of rotatable bonds is 3. The molecule has 0 aromatic heterocycles. The molecule has 0 bridgehead atoms. The summed E-state index contributed by atoms with van der Waals surface area (Å²) in [6, 6.07) is 10.7. The first-order chi connectivity index (χ1) is 11.9. The van der Waals surface area contributed by atoms with Crippen molar-refractivity contribution in [3.05, 3.63) is 52.5 Å². The highest BCUT2D eigenvalue weighted by Gasteiger charge is 2.41. The van der Waals surface area contributed by atoms with Gasteiger partial charge in [0.05, 0.1) is 32.1 Å². The van der Waals surface area contributed by atoms with Crippen LogP contribution in [0.5, 0.6) is 0 Å². The van der Waals surface area contributed by atoms with E-state index in [9.17, 15) is 18.6 Å². The van der Waals surface area contributed by atoms with Crippen molar-refractivity contribution in [1.29, 1.82) is 0 Å². The Morgan fingerprint density at radius 3 is 2.56 bits per heavy atom. The van der Waals surface area contributed by atoms with Gasteiger partial charge in [-0.05, 0) is 30.3 Å². The highest BCUT2D eigenvalue weighted by atomic mass is 35.5. The standard InChI is InChI=1S/C16H10Cl2N2O4S/c17-8-5-6-10(9(18)7-8)19-15(22)13(21)14-16(23)20-11-3-1-2-4-12(11)25(14)24/h1-7,14H,(H,19,22)(H,20,23)/t14-,25+/m0/s1. The van der Waals surface area contributed by atoms with Crippen molar-refractivity contribution in [1.82, 2.24) is 0 Å². The van der Waals surface area contributed by atoms with Gasteiger partial charge >= 0.3 is 0 Å². The lowest BCUT2D eigenvalue weighted by Gasteiger charge is -2.22. The van der Waals surface area contributed by atoms with Gasteiger partial charge in [0.15, 0.2) is 5.25 Å². The highest BCUT2D eigenvalue weighted by Crippen LogP contribution is 2.28. The number of fused-ring (bicyclic) bond motifs is 1. The van der Waals surface area contributed by atoms with Crippen LogP contribution in [-0.2, 0) is 25.2 Å². The maximum atomic E-state index is 12.5. The number of anilines is 2. The molecule has 0 spiro atoms. The number of nitrogens with one attached hydrogen (secondary N) is 2. The van der Waals surface area contributed by atoms with Crippen LogP contribution in [0.25, 0.3) is 0 Å². The Bertz CT molecular complexity index is 932. The van der Waals surface area contributed by atoms with E-state index in [2.05, 4.69) is 10.6 Å². The monoisotopic (exact) mass is 396 g/mol. The number of carbonyl (C=O) groups is 3. The Labute approximate surface area is 155 Å². The van der Waals surface area contributed by atoms with Crippen LogP contribution in [0, 0.1) is 0 Å². The predicted octanol–water partition coefficient (Wildman–Crippen LogP) is 2.63. The molecular formula is C16H10Cl2N2O4S. The van der Waals surface area contributed by atoms with E-state index in [-0.39, 0.29) is 15.6 Å².